The molecular weight excluding hydrogens is 294 g/mol. The summed E-state index contributed by atoms with van der Waals surface area (Å²) in [7, 11) is 0. The molecule has 17 heavy (non-hydrogen) atoms. The van der Waals surface area contributed by atoms with Gasteiger partial charge in [-0.05, 0) is 41.4 Å². The third-order valence-electron chi connectivity index (χ3n) is 2.87. The van der Waals surface area contributed by atoms with Gasteiger partial charge in [0.25, 0.3) is 0 Å². The third kappa shape index (κ3) is 3.18. The zero-order valence-electron chi connectivity index (χ0n) is 10.0. The van der Waals surface area contributed by atoms with Gasteiger partial charge in [0, 0.05) is 26.7 Å². The van der Waals surface area contributed by atoms with Crippen molar-refractivity contribution in [2.75, 3.05) is 0 Å². The van der Waals surface area contributed by atoms with Gasteiger partial charge in [0.15, 0.2) is 0 Å². The fourth-order valence-electron chi connectivity index (χ4n) is 1.84. The first-order valence-electron chi connectivity index (χ1n) is 5.56. The molecule has 90 valence electrons. The lowest BCUT2D eigenvalue weighted by Crippen LogP contribution is -2.35. The fourth-order valence-corrected chi connectivity index (χ4v) is 3.46. The molecule has 2 rings (SSSR count). The molecule has 3 heteroatoms. The van der Waals surface area contributed by atoms with Gasteiger partial charge in [0.05, 0.1) is 0 Å². The minimum absolute atomic E-state index is 0.308. The van der Waals surface area contributed by atoms with Crippen molar-refractivity contribution in [3.8, 4) is 0 Å². The molecule has 0 bridgehead atoms. The highest BCUT2D eigenvalue weighted by Crippen LogP contribution is 2.28. The van der Waals surface area contributed by atoms with Crippen LogP contribution in [0.25, 0.3) is 0 Å². The van der Waals surface area contributed by atoms with Crippen molar-refractivity contribution in [3.63, 3.8) is 0 Å². The van der Waals surface area contributed by atoms with E-state index in [1.165, 1.54) is 16.0 Å². The van der Waals surface area contributed by atoms with Gasteiger partial charge < -0.3 is 5.73 Å². The minimum atomic E-state index is -0.308. The molecule has 0 aliphatic heterocycles. The van der Waals surface area contributed by atoms with Crippen LogP contribution in [0.15, 0.2) is 40.2 Å². The number of hydrogen-bond acceptors (Lipinski definition) is 2. The van der Waals surface area contributed by atoms with Crippen LogP contribution in [0.4, 0.5) is 0 Å². The summed E-state index contributed by atoms with van der Waals surface area (Å²) >= 11 is 5.22. The van der Waals surface area contributed by atoms with E-state index in [1.54, 1.807) is 11.3 Å². The molecule has 1 aromatic carbocycles. The quantitative estimate of drug-likeness (QED) is 0.902. The van der Waals surface area contributed by atoms with Gasteiger partial charge in [-0.25, -0.2) is 0 Å². The predicted molar refractivity (Wildman–Crippen MR) is 78.4 cm³/mol. The Morgan fingerprint density at radius 2 is 1.94 bits per heavy atom. The largest absolute Gasteiger partial charge is 0.321 e. The summed E-state index contributed by atoms with van der Waals surface area (Å²) < 4.78 is 1.14. The fraction of sp³-hybridized carbons (Fsp3) is 0.286. The first-order valence-corrected chi connectivity index (χ1v) is 7.23. The van der Waals surface area contributed by atoms with Gasteiger partial charge in [0.1, 0.15) is 0 Å². The summed E-state index contributed by atoms with van der Waals surface area (Å²) in [6, 6.07) is 10.6. The second-order valence-corrected chi connectivity index (χ2v) is 6.60. The van der Waals surface area contributed by atoms with E-state index < -0.39 is 0 Å². The Morgan fingerprint density at radius 1 is 1.29 bits per heavy atom. The van der Waals surface area contributed by atoms with Crippen LogP contribution < -0.4 is 5.73 Å². The number of benzene rings is 1. The molecular formula is C14H16BrNS. The topological polar surface area (TPSA) is 26.0 Å². The number of aryl methyl sites for hydroxylation is 1. The molecule has 0 spiro atoms. The average molecular weight is 310 g/mol. The average Bonchev–Trinajstić information content (AvgIpc) is 2.63. The first-order chi connectivity index (χ1) is 7.97. The zero-order chi connectivity index (χ0) is 12.5. The predicted octanol–water partition coefficient (Wildman–Crippen LogP) is 4.24. The van der Waals surface area contributed by atoms with Crippen molar-refractivity contribution in [2.24, 2.45) is 5.73 Å². The normalized spacial score (nSPS) is 14.6. The van der Waals surface area contributed by atoms with Crippen LogP contribution in [0.2, 0.25) is 0 Å². The van der Waals surface area contributed by atoms with E-state index in [2.05, 4.69) is 65.5 Å². The Balaban J connectivity index is 2.21. The summed E-state index contributed by atoms with van der Waals surface area (Å²) in [6.45, 7) is 4.18. The summed E-state index contributed by atoms with van der Waals surface area (Å²) in [5, 5.41) is 2.10. The van der Waals surface area contributed by atoms with E-state index in [1.807, 2.05) is 0 Å². The summed E-state index contributed by atoms with van der Waals surface area (Å²) in [5.41, 5.74) is 8.57. The molecule has 1 nitrogen and oxygen atoms in total. The lowest BCUT2D eigenvalue weighted by molar-refractivity contribution is 0.495. The van der Waals surface area contributed by atoms with Crippen molar-refractivity contribution in [3.05, 3.63) is 56.2 Å². The number of hydrogen-bond donors (Lipinski definition) is 1. The molecule has 0 radical (unpaired) electrons. The summed E-state index contributed by atoms with van der Waals surface area (Å²) in [5.74, 6) is 0. The Morgan fingerprint density at radius 3 is 2.47 bits per heavy atom. The molecule has 1 heterocycles. The van der Waals surface area contributed by atoms with Crippen molar-refractivity contribution in [1.82, 2.24) is 0 Å². The maximum absolute atomic E-state index is 6.42. The molecule has 0 aliphatic rings. The monoisotopic (exact) mass is 309 g/mol. The molecule has 0 amide bonds. The lowest BCUT2D eigenvalue weighted by Gasteiger charge is -2.24. The molecule has 1 atom stereocenters. The second-order valence-electron chi connectivity index (χ2n) is 4.69. The Kier molecular flexibility index (Phi) is 3.71. The number of rotatable bonds is 3. The van der Waals surface area contributed by atoms with Crippen molar-refractivity contribution >= 4 is 27.3 Å². The first kappa shape index (κ1) is 12.8. The van der Waals surface area contributed by atoms with Crippen LogP contribution >= 0.6 is 27.3 Å². The molecule has 0 fully saturated rings. The van der Waals surface area contributed by atoms with Crippen molar-refractivity contribution in [2.45, 2.75) is 25.8 Å². The van der Waals surface area contributed by atoms with Gasteiger partial charge in [0.2, 0.25) is 0 Å². The second kappa shape index (κ2) is 4.92. The zero-order valence-corrected chi connectivity index (χ0v) is 12.4. The SMILES string of the molecule is Cc1ccc(C(C)(N)Cc2cc(Br)cs2)cc1. The summed E-state index contributed by atoms with van der Waals surface area (Å²) in [6.07, 6.45) is 0.867. The van der Waals surface area contributed by atoms with Crippen molar-refractivity contribution < 1.29 is 0 Å². The highest BCUT2D eigenvalue weighted by Gasteiger charge is 2.22. The number of nitrogens with two attached hydrogens (primary N) is 1. The maximum Gasteiger partial charge on any atom is 0.0429 e. The standard InChI is InChI=1S/C14H16BrNS/c1-10-3-5-11(6-4-10)14(2,16)8-13-7-12(15)9-17-13/h3-7,9H,8,16H2,1-2H3. The highest BCUT2D eigenvalue weighted by molar-refractivity contribution is 9.10. The lowest BCUT2D eigenvalue weighted by atomic mass is 9.89. The van der Waals surface area contributed by atoms with Crippen LogP contribution in [0.1, 0.15) is 22.9 Å². The van der Waals surface area contributed by atoms with E-state index in [0.29, 0.717) is 0 Å². The third-order valence-corrected chi connectivity index (χ3v) is 4.57. The van der Waals surface area contributed by atoms with E-state index in [-0.39, 0.29) is 5.54 Å². The molecule has 1 aromatic heterocycles. The molecule has 0 aliphatic carbocycles. The van der Waals surface area contributed by atoms with E-state index in [9.17, 15) is 0 Å². The van der Waals surface area contributed by atoms with Gasteiger partial charge in [-0.1, -0.05) is 29.8 Å². The number of halogens is 1. The molecule has 0 saturated carbocycles. The van der Waals surface area contributed by atoms with Gasteiger partial charge in [-0.15, -0.1) is 11.3 Å². The van der Waals surface area contributed by atoms with Crippen LogP contribution in [-0.4, -0.2) is 0 Å². The van der Waals surface area contributed by atoms with Gasteiger partial charge in [-0.3, -0.25) is 0 Å². The molecule has 2 aromatic rings. The Labute approximate surface area is 115 Å². The summed E-state index contributed by atoms with van der Waals surface area (Å²) in [4.78, 5) is 1.31. The van der Waals surface area contributed by atoms with Crippen LogP contribution in [0.5, 0.6) is 0 Å². The van der Waals surface area contributed by atoms with E-state index in [0.717, 1.165) is 10.9 Å². The van der Waals surface area contributed by atoms with Crippen LogP contribution in [0, 0.1) is 6.92 Å². The highest BCUT2D eigenvalue weighted by atomic mass is 79.9. The number of thiophene rings is 1. The van der Waals surface area contributed by atoms with Crippen molar-refractivity contribution in [1.29, 1.82) is 0 Å². The maximum atomic E-state index is 6.42. The minimum Gasteiger partial charge on any atom is -0.321 e. The van der Waals surface area contributed by atoms with Gasteiger partial charge in [-0.2, -0.15) is 0 Å². The molecule has 1 unspecified atom stereocenters. The van der Waals surface area contributed by atoms with Crippen LogP contribution in [-0.2, 0) is 12.0 Å². The Hall–Kier alpha value is -0.640. The Bertz CT molecular complexity index is 499. The van der Waals surface area contributed by atoms with E-state index in [4.69, 9.17) is 5.73 Å². The van der Waals surface area contributed by atoms with Gasteiger partial charge >= 0.3 is 0 Å². The smallest absolute Gasteiger partial charge is 0.0429 e. The molecule has 2 N–H and O–H groups in total. The molecule has 0 saturated heterocycles. The van der Waals surface area contributed by atoms with E-state index >= 15 is 0 Å². The van der Waals surface area contributed by atoms with Crippen LogP contribution in [0.3, 0.4) is 0 Å².